The van der Waals surface area contributed by atoms with Crippen LogP contribution in [0.4, 0.5) is 0 Å². The first kappa shape index (κ1) is 14.8. The minimum absolute atomic E-state index is 1.15. The van der Waals surface area contributed by atoms with E-state index in [0.29, 0.717) is 0 Å². The molecule has 0 heteroatoms. The van der Waals surface area contributed by atoms with Crippen LogP contribution in [0.2, 0.25) is 0 Å². The van der Waals surface area contributed by atoms with E-state index in [2.05, 4.69) is 63.3 Å². The van der Waals surface area contributed by atoms with Gasteiger partial charge in [-0.25, -0.2) is 0 Å². The molecule has 1 rings (SSSR count). The van der Waals surface area contributed by atoms with Crippen molar-refractivity contribution in [2.24, 2.45) is 0 Å². The number of hydrogen-bond acceptors (Lipinski definition) is 0. The molecule has 1 aromatic carbocycles. The summed E-state index contributed by atoms with van der Waals surface area (Å²) < 4.78 is 0. The van der Waals surface area contributed by atoms with Gasteiger partial charge in [0, 0.05) is 0 Å². The zero-order valence-corrected chi connectivity index (χ0v) is 12.1. The zero-order chi connectivity index (χ0) is 13.2. The molecule has 0 aliphatic carbocycles. The van der Waals surface area contributed by atoms with Crippen LogP contribution in [0.5, 0.6) is 0 Å². The lowest BCUT2D eigenvalue weighted by Gasteiger charge is -2.01. The molecule has 0 spiro atoms. The predicted octanol–water partition coefficient (Wildman–Crippen LogP) is 5.70. The van der Waals surface area contributed by atoms with E-state index < -0.39 is 0 Å². The second-order valence-electron chi connectivity index (χ2n) is 5.02. The molecule has 0 saturated carbocycles. The normalized spacial score (nSPS) is 12.8. The molecule has 0 fully saturated rings. The van der Waals surface area contributed by atoms with Gasteiger partial charge in [-0.2, -0.15) is 0 Å². The van der Waals surface area contributed by atoms with Crippen molar-refractivity contribution < 1.29 is 0 Å². The van der Waals surface area contributed by atoms with Crippen molar-refractivity contribution in [3.8, 4) is 0 Å². The van der Waals surface area contributed by atoms with E-state index in [-0.39, 0.29) is 0 Å². The Hall–Kier alpha value is -1.30. The molecule has 0 bridgehead atoms. The topological polar surface area (TPSA) is 0 Å². The summed E-state index contributed by atoms with van der Waals surface area (Å²) >= 11 is 0. The summed E-state index contributed by atoms with van der Waals surface area (Å²) in [6.07, 6.45) is 10.6. The summed E-state index contributed by atoms with van der Waals surface area (Å²) in [5.41, 5.74) is 4.46. The molecule has 0 nitrogen and oxygen atoms in total. The molecular formula is C18H26. The third-order valence-corrected chi connectivity index (χ3v) is 3.36. The highest BCUT2D eigenvalue weighted by atomic mass is 14.0. The highest BCUT2D eigenvalue weighted by Gasteiger charge is 1.92. The third-order valence-electron chi connectivity index (χ3n) is 3.36. The summed E-state index contributed by atoms with van der Waals surface area (Å²) in [6.45, 7) is 6.68. The van der Waals surface area contributed by atoms with Crippen LogP contribution in [0.1, 0.15) is 52.0 Å². The first-order valence-electron chi connectivity index (χ1n) is 7.07. The average molecular weight is 242 g/mol. The Morgan fingerprint density at radius 3 is 2.28 bits per heavy atom. The fourth-order valence-corrected chi connectivity index (χ4v) is 1.92. The minimum atomic E-state index is 1.15. The second kappa shape index (κ2) is 8.74. The van der Waals surface area contributed by atoms with Gasteiger partial charge in [0.15, 0.2) is 0 Å². The lowest BCUT2D eigenvalue weighted by molar-refractivity contribution is 0.918. The van der Waals surface area contributed by atoms with E-state index in [1.807, 2.05) is 0 Å². The van der Waals surface area contributed by atoms with E-state index in [1.165, 1.54) is 36.0 Å². The van der Waals surface area contributed by atoms with Crippen molar-refractivity contribution in [1.82, 2.24) is 0 Å². The Balaban J connectivity index is 2.26. The average Bonchev–Trinajstić information content (AvgIpc) is 2.39. The van der Waals surface area contributed by atoms with E-state index in [0.717, 1.165) is 12.8 Å². The second-order valence-corrected chi connectivity index (χ2v) is 5.02. The first-order valence-corrected chi connectivity index (χ1v) is 7.07. The Morgan fingerprint density at radius 1 is 0.944 bits per heavy atom. The zero-order valence-electron chi connectivity index (χ0n) is 12.1. The Labute approximate surface area is 112 Å². The summed E-state index contributed by atoms with van der Waals surface area (Å²) in [7, 11) is 0. The number of allylic oxidation sites excluding steroid dienone is 4. The molecule has 0 radical (unpaired) electrons. The van der Waals surface area contributed by atoms with Gasteiger partial charge in [-0.05, 0) is 51.5 Å². The summed E-state index contributed by atoms with van der Waals surface area (Å²) in [4.78, 5) is 0. The van der Waals surface area contributed by atoms with Gasteiger partial charge in [0.05, 0.1) is 0 Å². The molecule has 0 aromatic heterocycles. The van der Waals surface area contributed by atoms with E-state index in [9.17, 15) is 0 Å². The van der Waals surface area contributed by atoms with Gasteiger partial charge in [-0.3, -0.25) is 0 Å². The van der Waals surface area contributed by atoms with Crippen LogP contribution in [0.15, 0.2) is 53.6 Å². The van der Waals surface area contributed by atoms with Crippen molar-refractivity contribution in [1.29, 1.82) is 0 Å². The largest absolute Gasteiger partial charge is 0.0853 e. The van der Waals surface area contributed by atoms with Gasteiger partial charge in [0.25, 0.3) is 0 Å². The molecule has 0 N–H and O–H groups in total. The Bertz CT molecular complexity index is 382. The summed E-state index contributed by atoms with van der Waals surface area (Å²) in [6, 6.07) is 10.7. The van der Waals surface area contributed by atoms with Gasteiger partial charge in [0.2, 0.25) is 0 Å². The van der Waals surface area contributed by atoms with Crippen LogP contribution in [0.3, 0.4) is 0 Å². The van der Waals surface area contributed by atoms with Gasteiger partial charge in [0.1, 0.15) is 0 Å². The van der Waals surface area contributed by atoms with Gasteiger partial charge >= 0.3 is 0 Å². The van der Waals surface area contributed by atoms with Gasteiger partial charge < -0.3 is 0 Å². The van der Waals surface area contributed by atoms with Crippen molar-refractivity contribution in [2.45, 2.75) is 52.9 Å². The van der Waals surface area contributed by atoms with Crippen molar-refractivity contribution >= 4 is 0 Å². The fourth-order valence-electron chi connectivity index (χ4n) is 1.92. The Kier molecular flexibility index (Phi) is 7.17. The maximum absolute atomic E-state index is 2.39. The van der Waals surface area contributed by atoms with Gasteiger partial charge in [-0.15, -0.1) is 0 Å². The quantitative estimate of drug-likeness (QED) is 0.538. The molecule has 18 heavy (non-hydrogen) atoms. The van der Waals surface area contributed by atoms with Crippen LogP contribution in [-0.4, -0.2) is 0 Å². The number of aryl methyl sites for hydroxylation is 1. The van der Waals surface area contributed by atoms with E-state index in [4.69, 9.17) is 0 Å². The van der Waals surface area contributed by atoms with Crippen molar-refractivity contribution in [3.05, 3.63) is 59.2 Å². The maximum Gasteiger partial charge on any atom is -0.0244 e. The molecule has 98 valence electrons. The van der Waals surface area contributed by atoms with E-state index in [1.54, 1.807) is 0 Å². The molecule has 0 amide bonds. The monoisotopic (exact) mass is 242 g/mol. The third kappa shape index (κ3) is 6.44. The Morgan fingerprint density at radius 2 is 1.61 bits per heavy atom. The summed E-state index contributed by atoms with van der Waals surface area (Å²) in [5, 5.41) is 0. The maximum atomic E-state index is 2.39. The van der Waals surface area contributed by atoms with Crippen LogP contribution < -0.4 is 0 Å². The van der Waals surface area contributed by atoms with Crippen LogP contribution in [-0.2, 0) is 6.42 Å². The highest BCUT2D eigenvalue weighted by Crippen LogP contribution is 2.10. The van der Waals surface area contributed by atoms with Gasteiger partial charge in [-0.1, -0.05) is 60.6 Å². The first-order chi connectivity index (χ1) is 8.72. The molecular weight excluding hydrogens is 216 g/mol. The molecule has 0 atom stereocenters. The lowest BCUT2D eigenvalue weighted by Crippen LogP contribution is -1.84. The molecule has 0 heterocycles. The highest BCUT2D eigenvalue weighted by molar-refractivity contribution is 5.15. The smallest absolute Gasteiger partial charge is 0.0244 e. The van der Waals surface area contributed by atoms with Crippen LogP contribution in [0.25, 0.3) is 0 Å². The number of hydrogen-bond donors (Lipinski definition) is 0. The SMILES string of the molecule is CC/C(C)=C/CC/C(C)=C/CCc1ccccc1. The molecule has 0 aliphatic heterocycles. The van der Waals surface area contributed by atoms with E-state index >= 15 is 0 Å². The standard InChI is InChI=1S/C18H26/c1-4-16(2)10-8-11-17(3)12-9-15-18-13-6-5-7-14-18/h5-7,10,12-14H,4,8-9,11,15H2,1-3H3/b16-10+,17-12+. The van der Waals surface area contributed by atoms with Crippen molar-refractivity contribution in [3.63, 3.8) is 0 Å². The van der Waals surface area contributed by atoms with Crippen LogP contribution in [0, 0.1) is 0 Å². The molecule has 0 unspecified atom stereocenters. The predicted molar refractivity (Wildman–Crippen MR) is 81.8 cm³/mol. The number of benzene rings is 1. The summed E-state index contributed by atoms with van der Waals surface area (Å²) in [5.74, 6) is 0. The molecule has 0 aliphatic rings. The molecule has 0 saturated heterocycles. The fraction of sp³-hybridized carbons (Fsp3) is 0.444. The van der Waals surface area contributed by atoms with Crippen LogP contribution >= 0.6 is 0 Å². The lowest BCUT2D eigenvalue weighted by atomic mass is 10.1. The molecule has 1 aromatic rings. The number of rotatable bonds is 7. The van der Waals surface area contributed by atoms with Crippen molar-refractivity contribution in [2.75, 3.05) is 0 Å². The minimum Gasteiger partial charge on any atom is -0.0853 e.